The lowest BCUT2D eigenvalue weighted by Crippen LogP contribution is -2.21. The first kappa shape index (κ1) is 17.6. The zero-order valence-electron chi connectivity index (χ0n) is 15.6. The van der Waals surface area contributed by atoms with E-state index in [1.165, 1.54) is 11.5 Å². The average Bonchev–Trinajstić information content (AvgIpc) is 3.31. The average molecular weight is 399 g/mol. The van der Waals surface area contributed by atoms with Crippen LogP contribution in [0.4, 0.5) is 5.69 Å². The molecule has 1 aliphatic rings. The molecule has 2 N–H and O–H groups in total. The minimum atomic E-state index is -0.303. The summed E-state index contributed by atoms with van der Waals surface area (Å²) in [6.07, 6.45) is 0. The van der Waals surface area contributed by atoms with Gasteiger partial charge in [0.1, 0.15) is 5.69 Å². The van der Waals surface area contributed by atoms with Gasteiger partial charge in [-0.3, -0.25) is 9.59 Å². The monoisotopic (exact) mass is 399 g/mol. The van der Waals surface area contributed by atoms with Crippen LogP contribution in [-0.2, 0) is 0 Å². The highest BCUT2D eigenvalue weighted by Gasteiger charge is 2.33. The van der Waals surface area contributed by atoms with Crippen LogP contribution in [0.1, 0.15) is 43.6 Å². The predicted molar refractivity (Wildman–Crippen MR) is 115 cm³/mol. The van der Waals surface area contributed by atoms with Gasteiger partial charge in [0.25, 0.3) is 11.8 Å². The second-order valence-corrected chi connectivity index (χ2v) is 7.82. The molecular weight excluding hydrogens is 382 g/mol. The Hall–Kier alpha value is -3.51. The van der Waals surface area contributed by atoms with Crippen molar-refractivity contribution in [1.29, 1.82) is 0 Å². The van der Waals surface area contributed by atoms with Crippen LogP contribution in [0, 0.1) is 6.92 Å². The fourth-order valence-corrected chi connectivity index (χ4v) is 4.61. The van der Waals surface area contributed by atoms with Gasteiger partial charge in [0, 0.05) is 22.2 Å². The van der Waals surface area contributed by atoms with Crippen LogP contribution in [0.5, 0.6) is 0 Å². The summed E-state index contributed by atoms with van der Waals surface area (Å²) in [5.74, 6) is -0.415. The number of hydrogen-bond donors (Lipinski definition) is 2. The summed E-state index contributed by atoms with van der Waals surface area (Å²) >= 11 is 1.30. The summed E-state index contributed by atoms with van der Waals surface area (Å²) in [6.45, 7) is 2.02. The number of amides is 2. The second-order valence-electron chi connectivity index (χ2n) is 7.01. The highest BCUT2D eigenvalue weighted by atomic mass is 32.1. The Morgan fingerprint density at radius 3 is 2.69 bits per heavy atom. The van der Waals surface area contributed by atoms with Gasteiger partial charge in [0.2, 0.25) is 0 Å². The number of benzene rings is 3. The Morgan fingerprint density at radius 1 is 1.03 bits per heavy atom. The first-order valence-electron chi connectivity index (χ1n) is 9.28. The van der Waals surface area contributed by atoms with Crippen molar-refractivity contribution < 1.29 is 9.59 Å². The molecule has 0 saturated heterocycles. The fraction of sp³-hybridized carbons (Fsp3) is 0.0870. The van der Waals surface area contributed by atoms with Crippen molar-refractivity contribution in [1.82, 2.24) is 9.69 Å². The molecule has 2 amide bonds. The van der Waals surface area contributed by atoms with Gasteiger partial charge in [-0.2, -0.15) is 4.37 Å². The summed E-state index contributed by atoms with van der Waals surface area (Å²) in [7, 11) is 0. The molecule has 1 aliphatic heterocycles. The molecule has 0 unspecified atom stereocenters. The van der Waals surface area contributed by atoms with Gasteiger partial charge in [-0.05, 0) is 47.8 Å². The molecular formula is C23H17N3O2S. The lowest BCUT2D eigenvalue weighted by Gasteiger charge is -2.18. The van der Waals surface area contributed by atoms with Crippen LogP contribution < -0.4 is 10.6 Å². The highest BCUT2D eigenvalue weighted by molar-refractivity contribution is 7.13. The second kappa shape index (κ2) is 6.83. The quantitative estimate of drug-likeness (QED) is 0.525. The molecule has 5 nitrogen and oxygen atoms in total. The van der Waals surface area contributed by atoms with E-state index < -0.39 is 0 Å². The molecule has 4 aromatic rings. The summed E-state index contributed by atoms with van der Waals surface area (Å²) in [4.78, 5) is 25.6. The van der Waals surface area contributed by atoms with Crippen molar-refractivity contribution in [2.45, 2.75) is 13.0 Å². The third kappa shape index (κ3) is 2.89. The molecule has 0 bridgehead atoms. The van der Waals surface area contributed by atoms with Crippen molar-refractivity contribution in [3.8, 4) is 0 Å². The molecule has 0 fully saturated rings. The third-order valence-electron chi connectivity index (χ3n) is 5.26. The predicted octanol–water partition coefficient (Wildman–Crippen LogP) is 4.69. The summed E-state index contributed by atoms with van der Waals surface area (Å²) in [5.41, 5.74) is 4.49. The number of aryl methyl sites for hydroxylation is 1. The van der Waals surface area contributed by atoms with E-state index in [4.69, 9.17) is 0 Å². The fourth-order valence-electron chi connectivity index (χ4n) is 3.84. The Bertz CT molecular complexity index is 1280. The summed E-state index contributed by atoms with van der Waals surface area (Å²) < 4.78 is 5.30. The topological polar surface area (TPSA) is 71.1 Å². The van der Waals surface area contributed by atoms with Crippen LogP contribution in [0.2, 0.25) is 0 Å². The first-order valence-corrected chi connectivity index (χ1v) is 10.1. The lowest BCUT2D eigenvalue weighted by atomic mass is 9.93. The molecule has 0 radical (unpaired) electrons. The minimum Gasteiger partial charge on any atom is -0.341 e. The van der Waals surface area contributed by atoms with Gasteiger partial charge in [0.05, 0.1) is 10.7 Å². The Labute approximate surface area is 171 Å². The van der Waals surface area contributed by atoms with Crippen molar-refractivity contribution in [3.05, 3.63) is 94.7 Å². The molecule has 3 aromatic carbocycles. The van der Waals surface area contributed by atoms with Crippen LogP contribution in [0.25, 0.3) is 10.1 Å². The smallest absolute Gasteiger partial charge is 0.276 e. The van der Waals surface area contributed by atoms with Gasteiger partial charge in [-0.15, -0.1) is 0 Å². The first-order chi connectivity index (χ1) is 14.1. The Morgan fingerprint density at radius 2 is 1.83 bits per heavy atom. The van der Waals surface area contributed by atoms with Crippen molar-refractivity contribution in [2.75, 3.05) is 5.32 Å². The SMILES string of the molecule is Cc1ccccc1[C@H]1NC(=O)c2cccc(NC(=O)c3nsc4ccccc34)c21. The van der Waals surface area contributed by atoms with Gasteiger partial charge in [-0.25, -0.2) is 0 Å². The van der Waals surface area contributed by atoms with E-state index >= 15 is 0 Å². The van der Waals surface area contributed by atoms with Crippen molar-refractivity contribution in [3.63, 3.8) is 0 Å². The van der Waals surface area contributed by atoms with E-state index in [9.17, 15) is 9.59 Å². The third-order valence-corrected chi connectivity index (χ3v) is 6.08. The normalized spacial score (nSPS) is 15.2. The van der Waals surface area contributed by atoms with E-state index in [-0.39, 0.29) is 17.9 Å². The number of fused-ring (bicyclic) bond motifs is 2. The Balaban J connectivity index is 1.57. The standard InChI is InChI=1S/C23H17N3O2S/c1-13-7-2-3-8-14(13)20-19-16(22(27)25-20)10-6-11-17(19)24-23(28)21-15-9-4-5-12-18(15)29-26-21/h2-12,20H,1H3,(H,24,28)(H,25,27)/t20-/m1/s1. The van der Waals surface area contributed by atoms with E-state index in [2.05, 4.69) is 15.0 Å². The maximum Gasteiger partial charge on any atom is 0.276 e. The van der Waals surface area contributed by atoms with Gasteiger partial charge in [0.15, 0.2) is 0 Å². The van der Waals surface area contributed by atoms with E-state index in [0.717, 1.165) is 26.8 Å². The molecule has 6 heteroatoms. The minimum absolute atomic E-state index is 0.136. The maximum atomic E-state index is 13.0. The molecule has 0 aliphatic carbocycles. The number of carbonyl (C=O) groups is 2. The molecule has 5 rings (SSSR count). The van der Waals surface area contributed by atoms with Crippen LogP contribution in [-0.4, -0.2) is 16.2 Å². The van der Waals surface area contributed by atoms with Crippen LogP contribution >= 0.6 is 11.5 Å². The van der Waals surface area contributed by atoms with Crippen LogP contribution in [0.3, 0.4) is 0 Å². The molecule has 2 heterocycles. The number of anilines is 1. The molecule has 1 aromatic heterocycles. The summed E-state index contributed by atoms with van der Waals surface area (Å²) in [5, 5.41) is 6.87. The number of hydrogen-bond acceptors (Lipinski definition) is 4. The van der Waals surface area contributed by atoms with E-state index in [0.29, 0.717) is 16.9 Å². The molecule has 0 saturated carbocycles. The van der Waals surface area contributed by atoms with E-state index in [1.807, 2.05) is 61.5 Å². The molecule has 1 atom stereocenters. The highest BCUT2D eigenvalue weighted by Crippen LogP contribution is 2.37. The number of carbonyl (C=O) groups excluding carboxylic acids is 2. The lowest BCUT2D eigenvalue weighted by molar-refractivity contribution is 0.0959. The zero-order chi connectivity index (χ0) is 20.0. The van der Waals surface area contributed by atoms with Gasteiger partial charge < -0.3 is 10.6 Å². The Kier molecular flexibility index (Phi) is 4.14. The number of nitrogens with zero attached hydrogens (tertiary/aromatic N) is 1. The van der Waals surface area contributed by atoms with Crippen molar-refractivity contribution in [2.24, 2.45) is 0 Å². The van der Waals surface area contributed by atoms with Crippen LogP contribution in [0.15, 0.2) is 66.7 Å². The molecule has 142 valence electrons. The number of nitrogens with one attached hydrogen (secondary N) is 2. The van der Waals surface area contributed by atoms with Gasteiger partial charge in [-0.1, -0.05) is 48.5 Å². The largest absolute Gasteiger partial charge is 0.341 e. The molecule has 0 spiro atoms. The summed E-state index contributed by atoms with van der Waals surface area (Å²) in [6, 6.07) is 20.7. The zero-order valence-corrected chi connectivity index (χ0v) is 16.4. The molecule has 29 heavy (non-hydrogen) atoms. The van der Waals surface area contributed by atoms with Gasteiger partial charge >= 0.3 is 0 Å². The number of rotatable bonds is 3. The maximum absolute atomic E-state index is 13.0. The number of aromatic nitrogens is 1. The van der Waals surface area contributed by atoms with Crippen molar-refractivity contribution >= 4 is 39.1 Å². The van der Waals surface area contributed by atoms with E-state index in [1.54, 1.807) is 12.1 Å².